The summed E-state index contributed by atoms with van der Waals surface area (Å²) in [6, 6.07) is 0. The Bertz CT molecular complexity index is 925. The minimum Gasteiger partial charge on any atom is -0.393 e. The molecule has 202 valence electrons. The molecule has 0 aromatic carbocycles. The Balaban J connectivity index is 1.74. The van der Waals surface area contributed by atoms with Crippen molar-refractivity contribution in [1.29, 1.82) is 0 Å². The Morgan fingerprint density at radius 2 is 1.81 bits per heavy atom. The highest BCUT2D eigenvalue weighted by Crippen LogP contribution is 2.57. The predicted octanol–water partition coefficient (Wildman–Crippen LogP) is 7.76. The third-order valence-electron chi connectivity index (χ3n) is 8.32. The van der Waals surface area contributed by atoms with E-state index < -0.39 is 18.0 Å². The molecule has 5 atom stereocenters. The lowest BCUT2D eigenvalue weighted by atomic mass is 9.62. The van der Waals surface area contributed by atoms with Crippen molar-refractivity contribution in [2.45, 2.75) is 89.3 Å². The number of halogens is 6. The molecule has 0 heterocycles. The molecule has 2 nitrogen and oxygen atoms in total. The van der Waals surface area contributed by atoms with E-state index >= 15 is 0 Å². The summed E-state index contributed by atoms with van der Waals surface area (Å²) in [6.07, 6.45) is 2.58. The highest BCUT2D eigenvalue weighted by molar-refractivity contribution is 5.35. The van der Waals surface area contributed by atoms with Crippen LogP contribution in [0.5, 0.6) is 0 Å². The van der Waals surface area contributed by atoms with Crippen LogP contribution in [-0.2, 0) is 0 Å². The smallest absolute Gasteiger partial charge is 0.393 e. The third kappa shape index (κ3) is 5.69. The molecule has 2 saturated carbocycles. The van der Waals surface area contributed by atoms with Crippen molar-refractivity contribution in [3.05, 3.63) is 59.8 Å². The van der Waals surface area contributed by atoms with Crippen molar-refractivity contribution < 1.29 is 36.6 Å². The van der Waals surface area contributed by atoms with Crippen LogP contribution < -0.4 is 0 Å². The second-order valence-electron chi connectivity index (χ2n) is 10.9. The fourth-order valence-electron chi connectivity index (χ4n) is 6.31. The summed E-state index contributed by atoms with van der Waals surface area (Å²) in [7, 11) is 0. The molecule has 8 heteroatoms. The molecule has 1 unspecified atom stereocenters. The molecule has 0 aromatic rings. The monoisotopic (exact) mass is 518 g/mol. The Labute approximate surface area is 209 Å². The molecule has 0 aliphatic heterocycles. The summed E-state index contributed by atoms with van der Waals surface area (Å²) in [4.78, 5) is 0. The Morgan fingerprint density at radius 3 is 2.42 bits per heavy atom. The molecule has 3 aliphatic rings. The van der Waals surface area contributed by atoms with Gasteiger partial charge < -0.3 is 10.2 Å². The van der Waals surface area contributed by atoms with Crippen LogP contribution in [-0.4, -0.2) is 34.3 Å². The van der Waals surface area contributed by atoms with E-state index in [1.165, 1.54) is 11.1 Å². The second-order valence-corrected chi connectivity index (χ2v) is 10.9. The standard InChI is InChI=1S/C28H36F6O2/c1-4-19-15-20(17-22(35)16-19)9-10-21-8-6-13-25(3)23(11-12-24(21)25)18(2)7-5-14-26(36,27(29,30)31)28(32,33)34/h4-5,9-11,14,18-19,22,24,35-36H,1,6-8,12-13,15-17H2,2-3H3/b14-5+,20-9-,21-10+/t18-,19-,22+,24?,25-/m1/s1. The maximum absolute atomic E-state index is 13.0. The van der Waals surface area contributed by atoms with Gasteiger partial charge in [0.1, 0.15) is 0 Å². The molecule has 2 fully saturated rings. The summed E-state index contributed by atoms with van der Waals surface area (Å²) in [5.41, 5.74) is -1.54. The van der Waals surface area contributed by atoms with E-state index in [2.05, 4.69) is 31.7 Å². The summed E-state index contributed by atoms with van der Waals surface area (Å²) >= 11 is 0. The lowest BCUT2D eigenvalue weighted by Crippen LogP contribution is -2.55. The molecule has 0 saturated heterocycles. The molecule has 36 heavy (non-hydrogen) atoms. The summed E-state index contributed by atoms with van der Waals surface area (Å²) in [6.45, 7) is 7.79. The fourth-order valence-corrected chi connectivity index (χ4v) is 6.31. The van der Waals surface area contributed by atoms with Crippen molar-refractivity contribution in [2.24, 2.45) is 23.2 Å². The van der Waals surface area contributed by atoms with Crippen LogP contribution >= 0.6 is 0 Å². The Morgan fingerprint density at radius 1 is 1.14 bits per heavy atom. The van der Waals surface area contributed by atoms with Gasteiger partial charge in [0.15, 0.2) is 0 Å². The summed E-state index contributed by atoms with van der Waals surface area (Å²) < 4.78 is 77.8. The molecule has 2 N–H and O–H groups in total. The number of aliphatic hydroxyl groups excluding tert-OH is 1. The second kappa shape index (κ2) is 10.5. The highest BCUT2D eigenvalue weighted by atomic mass is 19.4. The van der Waals surface area contributed by atoms with Crippen LogP contribution in [0.2, 0.25) is 0 Å². The number of alkyl halides is 6. The molecule has 0 bridgehead atoms. The van der Waals surface area contributed by atoms with Gasteiger partial charge in [0.25, 0.3) is 5.60 Å². The zero-order valence-corrected chi connectivity index (χ0v) is 20.8. The van der Waals surface area contributed by atoms with Gasteiger partial charge in [-0.2, -0.15) is 26.3 Å². The molecule has 0 spiro atoms. The van der Waals surface area contributed by atoms with Crippen molar-refractivity contribution >= 4 is 0 Å². The number of rotatable bonds is 6. The van der Waals surface area contributed by atoms with Gasteiger partial charge in [0.2, 0.25) is 0 Å². The maximum atomic E-state index is 13.0. The zero-order valence-electron chi connectivity index (χ0n) is 20.8. The third-order valence-corrected chi connectivity index (χ3v) is 8.32. The Kier molecular flexibility index (Phi) is 8.41. The van der Waals surface area contributed by atoms with Crippen molar-refractivity contribution in [1.82, 2.24) is 0 Å². The van der Waals surface area contributed by atoms with Gasteiger partial charge in [-0.05, 0) is 80.6 Å². The van der Waals surface area contributed by atoms with Crippen LogP contribution in [0.25, 0.3) is 0 Å². The quantitative estimate of drug-likeness (QED) is 0.279. The summed E-state index contributed by atoms with van der Waals surface area (Å²) in [5, 5.41) is 19.5. The maximum Gasteiger partial charge on any atom is 0.429 e. The van der Waals surface area contributed by atoms with E-state index in [4.69, 9.17) is 0 Å². The predicted molar refractivity (Wildman–Crippen MR) is 128 cm³/mol. The molecule has 0 amide bonds. The average Bonchev–Trinajstić information content (AvgIpc) is 3.13. The SMILES string of the molecule is C=C[C@@H]1C/C(=C/C=C2\CCC[C@]3(C)C([C@H](C)C/C=C/C(O)(C(F)(F)F)C(F)(F)F)=CCC23)C[C@@H](O)C1. The van der Waals surface area contributed by atoms with Gasteiger partial charge >= 0.3 is 12.4 Å². The molecule has 0 radical (unpaired) electrons. The first-order chi connectivity index (χ1) is 16.6. The summed E-state index contributed by atoms with van der Waals surface area (Å²) in [5.74, 6) is 0.230. The minimum atomic E-state index is -5.85. The van der Waals surface area contributed by atoms with E-state index in [0.29, 0.717) is 6.42 Å². The number of allylic oxidation sites excluding steroid dienone is 7. The Hall–Kier alpha value is -1.80. The number of hydrogen-bond acceptors (Lipinski definition) is 2. The molecule has 0 aromatic heterocycles. The fraction of sp³-hybridized carbons (Fsp3) is 0.643. The van der Waals surface area contributed by atoms with Gasteiger partial charge in [-0.25, -0.2) is 0 Å². The molecule has 3 rings (SSSR count). The van der Waals surface area contributed by atoms with Crippen LogP contribution in [0, 0.1) is 23.2 Å². The minimum absolute atomic E-state index is 0.0352. The van der Waals surface area contributed by atoms with Crippen LogP contribution in [0.15, 0.2) is 59.8 Å². The van der Waals surface area contributed by atoms with E-state index in [-0.39, 0.29) is 41.8 Å². The lowest BCUT2D eigenvalue weighted by molar-refractivity contribution is -0.347. The zero-order chi connectivity index (χ0) is 26.9. The number of hydrogen-bond donors (Lipinski definition) is 2. The first-order valence-corrected chi connectivity index (χ1v) is 12.6. The number of fused-ring (bicyclic) bond motifs is 1. The topological polar surface area (TPSA) is 40.5 Å². The highest BCUT2D eigenvalue weighted by Gasteiger charge is 2.68. The average molecular weight is 519 g/mol. The first kappa shape index (κ1) is 28.8. The lowest BCUT2D eigenvalue weighted by Gasteiger charge is -2.42. The van der Waals surface area contributed by atoms with E-state index in [1.807, 2.05) is 13.0 Å². The van der Waals surface area contributed by atoms with Crippen LogP contribution in [0.1, 0.15) is 65.2 Å². The number of aliphatic hydroxyl groups is 2. The van der Waals surface area contributed by atoms with Gasteiger partial charge in [0.05, 0.1) is 6.10 Å². The van der Waals surface area contributed by atoms with Crippen molar-refractivity contribution in [3.63, 3.8) is 0 Å². The van der Waals surface area contributed by atoms with Crippen molar-refractivity contribution in [2.75, 3.05) is 0 Å². The van der Waals surface area contributed by atoms with Gasteiger partial charge in [0, 0.05) is 0 Å². The van der Waals surface area contributed by atoms with E-state index in [1.54, 1.807) is 0 Å². The molecule has 3 aliphatic carbocycles. The van der Waals surface area contributed by atoms with E-state index in [0.717, 1.165) is 50.2 Å². The van der Waals surface area contributed by atoms with Crippen LogP contribution in [0.3, 0.4) is 0 Å². The molecular weight excluding hydrogens is 482 g/mol. The largest absolute Gasteiger partial charge is 0.429 e. The first-order valence-electron chi connectivity index (χ1n) is 12.6. The van der Waals surface area contributed by atoms with Gasteiger partial charge in [-0.3, -0.25) is 0 Å². The van der Waals surface area contributed by atoms with Crippen LogP contribution in [0.4, 0.5) is 26.3 Å². The van der Waals surface area contributed by atoms with Crippen molar-refractivity contribution in [3.8, 4) is 0 Å². The molecular formula is C28H36F6O2. The van der Waals surface area contributed by atoms with E-state index in [9.17, 15) is 36.6 Å². The van der Waals surface area contributed by atoms with Gasteiger partial charge in [-0.1, -0.05) is 60.9 Å². The van der Waals surface area contributed by atoms with Gasteiger partial charge in [-0.15, -0.1) is 6.58 Å². The normalized spacial score (nSPS) is 33.2.